The normalized spacial score (nSPS) is 11.7. The van der Waals surface area contributed by atoms with Gasteiger partial charge in [-0.3, -0.25) is 9.03 Å². The van der Waals surface area contributed by atoms with Gasteiger partial charge in [-0.15, -0.1) is 6.58 Å². The summed E-state index contributed by atoms with van der Waals surface area (Å²) in [5.74, 6) is 0. The lowest BCUT2D eigenvalue weighted by Crippen LogP contribution is -2.32. The van der Waals surface area contributed by atoms with Crippen LogP contribution in [0, 0.1) is 13.8 Å². The number of nitrogens with one attached hydrogen (secondary N) is 1. The molecule has 162 valence electrons. The highest BCUT2D eigenvalue weighted by atomic mass is 32.2. The second kappa shape index (κ2) is 8.95. The minimum Gasteiger partial charge on any atom is -0.277 e. The van der Waals surface area contributed by atoms with Crippen LogP contribution in [0.1, 0.15) is 11.1 Å². The number of aryl methyl sites for hydroxylation is 2. The molecule has 0 heterocycles. The van der Waals surface area contributed by atoms with Crippen molar-refractivity contribution in [1.29, 1.82) is 0 Å². The quantitative estimate of drug-likeness (QED) is 0.507. The number of hydrogen-bond donors (Lipinski definition) is 1. The summed E-state index contributed by atoms with van der Waals surface area (Å²) in [6.07, 6.45) is 1.46. The van der Waals surface area contributed by atoms with Crippen LogP contribution in [0.3, 0.4) is 0 Å². The minimum atomic E-state index is -3.95. The van der Waals surface area contributed by atoms with Crippen LogP contribution >= 0.6 is 0 Å². The molecule has 0 bridgehead atoms. The molecule has 0 saturated carbocycles. The van der Waals surface area contributed by atoms with Gasteiger partial charge in [0, 0.05) is 0 Å². The second-order valence-electron chi connectivity index (χ2n) is 7.07. The van der Waals surface area contributed by atoms with E-state index in [4.69, 9.17) is 0 Å². The van der Waals surface area contributed by atoms with Crippen molar-refractivity contribution in [1.82, 2.24) is 0 Å². The highest BCUT2D eigenvalue weighted by Crippen LogP contribution is 2.32. The van der Waals surface area contributed by atoms with Crippen LogP contribution in [-0.2, 0) is 20.0 Å². The van der Waals surface area contributed by atoms with Gasteiger partial charge in [0.15, 0.2) is 0 Å². The molecule has 0 atom stereocenters. The third kappa shape index (κ3) is 4.98. The summed E-state index contributed by atoms with van der Waals surface area (Å²) in [6, 6.07) is 19.3. The molecular weight excluding hydrogens is 432 g/mol. The molecule has 0 unspecified atom stereocenters. The maximum Gasteiger partial charge on any atom is 0.264 e. The van der Waals surface area contributed by atoms with Crippen molar-refractivity contribution in [2.75, 3.05) is 15.6 Å². The lowest BCUT2D eigenvalue weighted by molar-refractivity contribution is 0.592. The average molecular weight is 457 g/mol. The summed E-state index contributed by atoms with van der Waals surface area (Å²) >= 11 is 0. The van der Waals surface area contributed by atoms with E-state index in [2.05, 4.69) is 11.3 Å². The molecule has 31 heavy (non-hydrogen) atoms. The summed E-state index contributed by atoms with van der Waals surface area (Å²) in [4.78, 5) is 0.195. The molecule has 0 aromatic heterocycles. The van der Waals surface area contributed by atoms with Gasteiger partial charge in [0.2, 0.25) is 0 Å². The van der Waals surface area contributed by atoms with Gasteiger partial charge in [0.1, 0.15) is 0 Å². The molecule has 3 rings (SSSR count). The molecule has 3 aromatic rings. The second-order valence-corrected chi connectivity index (χ2v) is 10.6. The smallest absolute Gasteiger partial charge is 0.264 e. The summed E-state index contributed by atoms with van der Waals surface area (Å²) in [5.41, 5.74) is 2.22. The van der Waals surface area contributed by atoms with Crippen molar-refractivity contribution < 1.29 is 16.8 Å². The van der Waals surface area contributed by atoms with Crippen LogP contribution in [0.5, 0.6) is 0 Å². The highest BCUT2D eigenvalue weighted by molar-refractivity contribution is 7.93. The van der Waals surface area contributed by atoms with E-state index >= 15 is 0 Å². The SMILES string of the molecule is C=CCN(c1ccccc1NS(=O)(=O)c1ccc(C)cc1)S(=O)(=O)c1ccc(C)cc1. The fourth-order valence-corrected chi connectivity index (χ4v) is 5.51. The molecule has 8 heteroatoms. The zero-order valence-corrected chi connectivity index (χ0v) is 18.9. The van der Waals surface area contributed by atoms with Crippen LogP contribution in [0.15, 0.2) is 95.2 Å². The molecular formula is C23H24N2O4S2. The Balaban J connectivity index is 2.06. The summed E-state index contributed by atoms with van der Waals surface area (Å²) < 4.78 is 56.2. The van der Waals surface area contributed by atoms with Crippen LogP contribution in [-0.4, -0.2) is 23.4 Å². The molecule has 0 saturated heterocycles. The van der Waals surface area contributed by atoms with Gasteiger partial charge in [-0.1, -0.05) is 53.6 Å². The van der Waals surface area contributed by atoms with Crippen molar-refractivity contribution in [2.45, 2.75) is 23.6 Å². The van der Waals surface area contributed by atoms with Gasteiger partial charge in [0.05, 0.1) is 27.7 Å². The Morgan fingerprint density at radius 2 is 1.32 bits per heavy atom. The molecule has 0 aliphatic rings. The molecule has 1 N–H and O–H groups in total. The fraction of sp³-hybridized carbons (Fsp3) is 0.130. The lowest BCUT2D eigenvalue weighted by Gasteiger charge is -2.26. The van der Waals surface area contributed by atoms with Gasteiger partial charge >= 0.3 is 0 Å². The average Bonchev–Trinajstić information content (AvgIpc) is 2.73. The Morgan fingerprint density at radius 1 is 0.806 bits per heavy atom. The number of sulfonamides is 2. The predicted octanol–water partition coefficient (Wildman–Crippen LogP) is 4.49. The Morgan fingerprint density at radius 3 is 1.87 bits per heavy atom. The van der Waals surface area contributed by atoms with Crippen LogP contribution in [0.25, 0.3) is 0 Å². The van der Waals surface area contributed by atoms with E-state index in [-0.39, 0.29) is 27.7 Å². The molecule has 3 aromatic carbocycles. The fourth-order valence-electron chi connectivity index (χ4n) is 2.98. The van der Waals surface area contributed by atoms with E-state index in [0.29, 0.717) is 0 Å². The van der Waals surface area contributed by atoms with E-state index in [1.807, 2.05) is 13.8 Å². The van der Waals surface area contributed by atoms with Crippen molar-refractivity contribution in [3.63, 3.8) is 0 Å². The monoisotopic (exact) mass is 456 g/mol. The topological polar surface area (TPSA) is 83.6 Å². The largest absolute Gasteiger partial charge is 0.277 e. The molecule has 0 fully saturated rings. The third-order valence-corrected chi connectivity index (χ3v) is 7.83. The predicted molar refractivity (Wildman–Crippen MR) is 124 cm³/mol. The van der Waals surface area contributed by atoms with E-state index in [1.54, 1.807) is 42.5 Å². The van der Waals surface area contributed by atoms with Crippen molar-refractivity contribution in [2.24, 2.45) is 0 Å². The van der Waals surface area contributed by atoms with Gasteiger partial charge in [-0.05, 0) is 50.2 Å². The Kier molecular flexibility index (Phi) is 6.52. The van der Waals surface area contributed by atoms with Gasteiger partial charge < -0.3 is 0 Å². The van der Waals surface area contributed by atoms with Crippen molar-refractivity contribution in [3.05, 3.63) is 96.6 Å². The van der Waals surface area contributed by atoms with E-state index in [9.17, 15) is 16.8 Å². The number of benzene rings is 3. The summed E-state index contributed by atoms with van der Waals surface area (Å²) in [6.45, 7) is 7.37. The van der Waals surface area contributed by atoms with E-state index < -0.39 is 20.0 Å². The first-order valence-corrected chi connectivity index (χ1v) is 12.5. The lowest BCUT2D eigenvalue weighted by atomic mass is 10.2. The van der Waals surface area contributed by atoms with Gasteiger partial charge in [-0.25, -0.2) is 16.8 Å². The summed E-state index contributed by atoms with van der Waals surface area (Å²) in [7, 11) is -7.87. The number of hydrogen-bond acceptors (Lipinski definition) is 4. The van der Waals surface area contributed by atoms with Gasteiger partial charge in [0.25, 0.3) is 20.0 Å². The van der Waals surface area contributed by atoms with E-state index in [0.717, 1.165) is 15.4 Å². The molecule has 0 aliphatic carbocycles. The zero-order valence-electron chi connectivity index (χ0n) is 17.3. The number of para-hydroxylation sites is 2. The molecule has 0 amide bonds. The zero-order chi connectivity index (χ0) is 22.6. The standard InChI is InChI=1S/C23H24N2O4S2/c1-4-17-25(31(28,29)21-15-11-19(3)12-16-21)23-8-6-5-7-22(23)24-30(26,27)20-13-9-18(2)10-14-20/h4-16,24H,1,17H2,2-3H3. The highest BCUT2D eigenvalue weighted by Gasteiger charge is 2.27. The molecule has 0 spiro atoms. The van der Waals surface area contributed by atoms with Crippen molar-refractivity contribution in [3.8, 4) is 0 Å². The van der Waals surface area contributed by atoms with Crippen LogP contribution in [0.2, 0.25) is 0 Å². The third-order valence-electron chi connectivity index (χ3n) is 4.65. The van der Waals surface area contributed by atoms with Crippen LogP contribution in [0.4, 0.5) is 11.4 Å². The van der Waals surface area contributed by atoms with Crippen molar-refractivity contribution >= 4 is 31.4 Å². The Bertz CT molecular complexity index is 1280. The maximum atomic E-state index is 13.4. The van der Waals surface area contributed by atoms with Gasteiger partial charge in [-0.2, -0.15) is 0 Å². The molecule has 0 aliphatic heterocycles. The minimum absolute atomic E-state index is 0.0283. The van der Waals surface area contributed by atoms with E-state index in [1.165, 1.54) is 36.4 Å². The Hall–Kier alpha value is -3.10. The maximum absolute atomic E-state index is 13.4. The number of nitrogens with zero attached hydrogens (tertiary/aromatic N) is 1. The first-order chi connectivity index (χ1) is 14.6. The summed E-state index contributed by atoms with van der Waals surface area (Å²) in [5, 5.41) is 0. The first-order valence-electron chi connectivity index (χ1n) is 9.54. The number of anilines is 2. The Labute approximate surface area is 184 Å². The first kappa shape index (κ1) is 22.6. The van der Waals surface area contributed by atoms with Crippen LogP contribution < -0.4 is 9.03 Å². The number of rotatable bonds is 8. The molecule has 6 nitrogen and oxygen atoms in total. The molecule has 0 radical (unpaired) electrons.